The number of carbonyl (C=O) groups is 2. The molecule has 0 atom stereocenters. The molecule has 182 valence electrons. The van der Waals surface area contributed by atoms with E-state index in [-0.39, 0.29) is 11.5 Å². The maximum Gasteiger partial charge on any atom is 0.285 e. The van der Waals surface area contributed by atoms with E-state index in [1.165, 1.54) is 17.1 Å². The third-order valence-corrected chi connectivity index (χ3v) is 7.11. The maximum absolute atomic E-state index is 12.8. The van der Waals surface area contributed by atoms with Gasteiger partial charge in [-0.15, -0.1) is 0 Å². The Balaban J connectivity index is 1.57. The van der Waals surface area contributed by atoms with E-state index in [1.807, 2.05) is 19.1 Å². The molecule has 2 heterocycles. The number of rotatable bonds is 4. The molecule has 36 heavy (non-hydrogen) atoms. The Morgan fingerprint density at radius 2 is 1.75 bits per heavy atom. The lowest BCUT2D eigenvalue weighted by molar-refractivity contribution is 0.0999. The summed E-state index contributed by atoms with van der Waals surface area (Å²) >= 11 is 0. The Hall–Kier alpha value is -4.39. The number of benzene rings is 2. The van der Waals surface area contributed by atoms with Crippen molar-refractivity contribution in [1.82, 2.24) is 14.8 Å². The molecule has 8 nitrogen and oxygen atoms in total. The predicted molar refractivity (Wildman–Crippen MR) is 141 cm³/mol. The SMILES string of the molecule is Cc1cc(C(=O)Nc2ccccc2C#Cc2cncc(C(=O)N=[SH](C)(O)c3ccccc3)c2)n(C)n1. The number of nitrogens with zero attached hydrogens (tertiary/aromatic N) is 4. The number of aryl methyl sites for hydroxylation is 2. The number of pyridine rings is 1. The van der Waals surface area contributed by atoms with Gasteiger partial charge in [0.15, 0.2) is 0 Å². The van der Waals surface area contributed by atoms with Crippen molar-refractivity contribution >= 4 is 27.6 Å². The quantitative estimate of drug-likeness (QED) is 0.289. The van der Waals surface area contributed by atoms with Crippen LogP contribution in [0.3, 0.4) is 0 Å². The molecule has 0 saturated heterocycles. The number of anilines is 1. The average Bonchev–Trinajstić information content (AvgIpc) is 3.22. The van der Waals surface area contributed by atoms with Gasteiger partial charge in [0.25, 0.3) is 11.8 Å². The number of hydrogen-bond acceptors (Lipinski definition) is 4. The Labute approximate surface area is 210 Å². The number of amides is 2. The van der Waals surface area contributed by atoms with E-state index in [0.29, 0.717) is 27.4 Å². The molecule has 2 aromatic heterocycles. The minimum Gasteiger partial charge on any atom is -0.340 e. The van der Waals surface area contributed by atoms with Gasteiger partial charge >= 0.3 is 0 Å². The highest BCUT2D eigenvalue weighted by molar-refractivity contribution is 7.99. The lowest BCUT2D eigenvalue weighted by Gasteiger charge is -2.17. The minimum absolute atomic E-state index is 0.228. The summed E-state index contributed by atoms with van der Waals surface area (Å²) in [5, 5.41) is 7.08. The van der Waals surface area contributed by atoms with Crippen molar-refractivity contribution in [1.29, 1.82) is 0 Å². The lowest BCUT2D eigenvalue weighted by Crippen LogP contribution is -2.16. The van der Waals surface area contributed by atoms with Crippen molar-refractivity contribution in [2.75, 3.05) is 11.6 Å². The highest BCUT2D eigenvalue weighted by atomic mass is 32.3. The number of hydrogen-bond donors (Lipinski definition) is 3. The van der Waals surface area contributed by atoms with Gasteiger partial charge in [-0.1, -0.05) is 52.3 Å². The number of para-hydroxylation sites is 1. The van der Waals surface area contributed by atoms with Crippen LogP contribution in [0.5, 0.6) is 0 Å². The third-order valence-electron chi connectivity index (χ3n) is 5.27. The van der Waals surface area contributed by atoms with Gasteiger partial charge in [-0.3, -0.25) is 19.3 Å². The zero-order valence-electron chi connectivity index (χ0n) is 20.0. The van der Waals surface area contributed by atoms with E-state index in [2.05, 4.69) is 31.6 Å². The molecule has 4 rings (SSSR count). The standard InChI is InChI=1S/C27H25N5O3S/c1-19-15-25(32(2)30-19)27(34)29-24-12-8-7-9-21(24)14-13-20-16-22(18-28-17-20)26(33)31-36(3,35)23-10-5-4-6-11-23/h4-12,15-18,36H,1-3H3,(H,29,34)(H,31,33,35). The fourth-order valence-electron chi connectivity index (χ4n) is 3.48. The molecule has 0 radical (unpaired) electrons. The molecule has 0 saturated carbocycles. The van der Waals surface area contributed by atoms with E-state index in [4.69, 9.17) is 0 Å². The van der Waals surface area contributed by atoms with E-state index in [0.717, 1.165) is 5.69 Å². The molecular weight excluding hydrogens is 474 g/mol. The monoisotopic (exact) mass is 499 g/mol. The largest absolute Gasteiger partial charge is 0.340 e. The van der Waals surface area contributed by atoms with Crippen LogP contribution in [0.25, 0.3) is 0 Å². The van der Waals surface area contributed by atoms with E-state index >= 15 is 0 Å². The first-order valence-electron chi connectivity index (χ1n) is 11.0. The molecule has 0 unspecified atom stereocenters. The fraction of sp³-hybridized carbons (Fsp3) is 0.111. The van der Waals surface area contributed by atoms with E-state index < -0.39 is 16.0 Å². The van der Waals surface area contributed by atoms with Crippen molar-refractivity contribution in [2.45, 2.75) is 11.8 Å². The topological polar surface area (TPSA) is 109 Å². The Kier molecular flexibility index (Phi) is 7.20. The highest BCUT2D eigenvalue weighted by Crippen LogP contribution is 2.18. The highest BCUT2D eigenvalue weighted by Gasteiger charge is 2.14. The van der Waals surface area contributed by atoms with Gasteiger partial charge in [0.05, 0.1) is 16.9 Å². The number of aromatic nitrogens is 3. The van der Waals surface area contributed by atoms with Crippen LogP contribution in [0, 0.1) is 18.8 Å². The molecule has 0 aliphatic rings. The van der Waals surface area contributed by atoms with E-state index in [9.17, 15) is 14.1 Å². The van der Waals surface area contributed by atoms with Crippen molar-refractivity contribution < 1.29 is 14.1 Å². The van der Waals surface area contributed by atoms with Gasteiger partial charge in [0.1, 0.15) is 5.69 Å². The fourth-order valence-corrected chi connectivity index (χ4v) is 4.80. The second-order valence-electron chi connectivity index (χ2n) is 8.16. The van der Waals surface area contributed by atoms with Gasteiger partial charge in [-0.25, -0.2) is 0 Å². The molecule has 0 bridgehead atoms. The first-order chi connectivity index (χ1) is 17.2. The van der Waals surface area contributed by atoms with Gasteiger partial charge in [-0.2, -0.15) is 9.46 Å². The summed E-state index contributed by atoms with van der Waals surface area (Å²) in [6.07, 6.45) is 4.50. The second-order valence-corrected chi connectivity index (χ2v) is 10.7. The maximum atomic E-state index is 12.8. The predicted octanol–water partition coefficient (Wildman–Crippen LogP) is 4.15. The first-order valence-corrected chi connectivity index (χ1v) is 13.2. The van der Waals surface area contributed by atoms with Crippen molar-refractivity contribution in [3.63, 3.8) is 0 Å². The summed E-state index contributed by atoms with van der Waals surface area (Å²) in [5.74, 6) is 5.17. The van der Waals surface area contributed by atoms with Crippen LogP contribution in [0.2, 0.25) is 0 Å². The van der Waals surface area contributed by atoms with Crippen molar-refractivity contribution in [3.8, 4) is 11.8 Å². The Morgan fingerprint density at radius 3 is 2.47 bits per heavy atom. The second kappa shape index (κ2) is 10.5. The third kappa shape index (κ3) is 5.81. The minimum atomic E-state index is -2.98. The molecule has 0 spiro atoms. The van der Waals surface area contributed by atoms with Crippen LogP contribution >= 0.6 is 0 Å². The van der Waals surface area contributed by atoms with Crippen molar-refractivity contribution in [2.24, 2.45) is 11.4 Å². The van der Waals surface area contributed by atoms with Gasteiger partial charge in [-0.05, 0) is 49.6 Å². The van der Waals surface area contributed by atoms with Crippen LogP contribution in [-0.4, -0.2) is 37.4 Å². The summed E-state index contributed by atoms with van der Waals surface area (Å²) in [7, 11) is -1.27. The summed E-state index contributed by atoms with van der Waals surface area (Å²) in [6.45, 7) is 1.82. The molecule has 2 aromatic carbocycles. The van der Waals surface area contributed by atoms with Crippen LogP contribution < -0.4 is 5.32 Å². The smallest absolute Gasteiger partial charge is 0.285 e. The van der Waals surface area contributed by atoms with Gasteiger partial charge in [0, 0.05) is 35.5 Å². The number of carbonyl (C=O) groups excluding carboxylic acids is 2. The van der Waals surface area contributed by atoms with Crippen LogP contribution in [0.1, 0.15) is 37.7 Å². The molecular formula is C27H25N5O3S. The first kappa shape index (κ1) is 24.7. The van der Waals surface area contributed by atoms with Crippen LogP contribution in [0.4, 0.5) is 5.69 Å². The Bertz CT molecular complexity index is 1560. The molecule has 2 amide bonds. The zero-order chi connectivity index (χ0) is 25.7. The van der Waals surface area contributed by atoms with Gasteiger partial charge < -0.3 is 9.87 Å². The van der Waals surface area contributed by atoms with Gasteiger partial charge in [0.2, 0.25) is 0 Å². The Morgan fingerprint density at radius 1 is 1.03 bits per heavy atom. The average molecular weight is 500 g/mol. The summed E-state index contributed by atoms with van der Waals surface area (Å²) in [5.41, 5.74) is 3.06. The molecule has 0 aliphatic carbocycles. The number of nitrogens with one attached hydrogen (secondary N) is 1. The molecule has 0 aliphatic heterocycles. The summed E-state index contributed by atoms with van der Waals surface area (Å²) in [6, 6.07) is 19.4. The van der Waals surface area contributed by atoms with Crippen LogP contribution in [0.15, 0.2) is 88.4 Å². The molecule has 2 N–H and O–H groups in total. The molecule has 9 heteroatoms. The summed E-state index contributed by atoms with van der Waals surface area (Å²) in [4.78, 5) is 30.2. The summed E-state index contributed by atoms with van der Waals surface area (Å²) < 4.78 is 16.4. The molecule has 4 aromatic rings. The van der Waals surface area contributed by atoms with Crippen LogP contribution in [-0.2, 0) is 17.2 Å². The number of thiol groups is 1. The molecule has 0 fully saturated rings. The lowest BCUT2D eigenvalue weighted by atomic mass is 10.1. The van der Waals surface area contributed by atoms with E-state index in [1.54, 1.807) is 67.9 Å². The van der Waals surface area contributed by atoms with Crippen molar-refractivity contribution in [3.05, 3.63) is 107 Å². The normalized spacial score (nSPS) is 11.2. The zero-order valence-corrected chi connectivity index (χ0v) is 20.9.